The van der Waals surface area contributed by atoms with Gasteiger partial charge in [0.05, 0.1) is 0 Å². The van der Waals surface area contributed by atoms with Crippen LogP contribution in [0.15, 0.2) is 18.2 Å². The number of benzene rings is 1. The van der Waals surface area contributed by atoms with Gasteiger partial charge in [0.25, 0.3) is 0 Å². The first-order chi connectivity index (χ1) is 7.66. The largest absolute Gasteiger partial charge is 0.207 e. The molecule has 88 valence electrons. The van der Waals surface area contributed by atoms with Gasteiger partial charge in [0.1, 0.15) is 5.82 Å². The average Bonchev–Trinajstić information content (AvgIpc) is 2.47. The lowest BCUT2D eigenvalue weighted by atomic mass is 9.91. The van der Waals surface area contributed by atoms with Gasteiger partial charge in [-0.2, -0.15) is 0 Å². The fourth-order valence-corrected chi connectivity index (χ4v) is 2.68. The minimum absolute atomic E-state index is 0.0465. The van der Waals surface area contributed by atoms with E-state index in [9.17, 15) is 4.39 Å². The number of rotatable bonds is 1. The molecule has 1 aromatic rings. The van der Waals surface area contributed by atoms with Gasteiger partial charge < -0.3 is 0 Å². The Kier molecular flexibility index (Phi) is 3.63. The molecule has 1 saturated carbocycles. The lowest BCUT2D eigenvalue weighted by Gasteiger charge is -2.15. The van der Waals surface area contributed by atoms with Crippen LogP contribution in [0.5, 0.6) is 0 Å². The van der Waals surface area contributed by atoms with Crippen LogP contribution in [0.4, 0.5) is 4.39 Å². The van der Waals surface area contributed by atoms with E-state index < -0.39 is 0 Å². The minimum atomic E-state index is -0.0465. The lowest BCUT2D eigenvalue weighted by molar-refractivity contribution is 0.499. The maximum absolute atomic E-state index is 13.5. The number of hydrogen-bond donors (Lipinski definition) is 0. The number of hydrogen-bond acceptors (Lipinski definition) is 0. The van der Waals surface area contributed by atoms with Crippen molar-refractivity contribution in [2.24, 2.45) is 5.92 Å². The zero-order valence-electron chi connectivity index (χ0n) is 10.3. The molecule has 0 spiro atoms. The molecule has 1 heteroatoms. The molecule has 2 rings (SSSR count). The Morgan fingerprint density at radius 3 is 2.69 bits per heavy atom. The summed E-state index contributed by atoms with van der Waals surface area (Å²) in [5.74, 6) is 1.38. The molecule has 2 atom stereocenters. The van der Waals surface area contributed by atoms with E-state index in [2.05, 4.69) is 13.0 Å². The van der Waals surface area contributed by atoms with E-state index >= 15 is 0 Å². The second-order valence-corrected chi connectivity index (χ2v) is 5.32. The highest BCUT2D eigenvalue weighted by Crippen LogP contribution is 2.34. The molecule has 0 heterocycles. The molecule has 1 aromatic carbocycles. The molecule has 1 aliphatic carbocycles. The Labute approximate surface area is 97.9 Å². The summed E-state index contributed by atoms with van der Waals surface area (Å²) in [7, 11) is 0. The number of halogens is 1. The summed E-state index contributed by atoms with van der Waals surface area (Å²) in [5.41, 5.74) is 1.96. The molecule has 0 bridgehead atoms. The Morgan fingerprint density at radius 2 is 1.94 bits per heavy atom. The molecule has 16 heavy (non-hydrogen) atoms. The number of aryl methyl sites for hydroxylation is 1. The van der Waals surface area contributed by atoms with E-state index in [0.29, 0.717) is 5.92 Å². The van der Waals surface area contributed by atoms with Crippen molar-refractivity contribution in [3.05, 3.63) is 35.1 Å². The molecule has 0 N–H and O–H groups in total. The van der Waals surface area contributed by atoms with Crippen molar-refractivity contribution in [1.29, 1.82) is 0 Å². The molecule has 0 amide bonds. The zero-order valence-corrected chi connectivity index (χ0v) is 10.3. The van der Waals surface area contributed by atoms with Crippen molar-refractivity contribution in [3.63, 3.8) is 0 Å². The van der Waals surface area contributed by atoms with Crippen LogP contribution in [0.1, 0.15) is 56.1 Å². The molecule has 0 nitrogen and oxygen atoms in total. The summed E-state index contributed by atoms with van der Waals surface area (Å²) >= 11 is 0. The zero-order chi connectivity index (χ0) is 11.5. The van der Waals surface area contributed by atoms with Gasteiger partial charge in [-0.05, 0) is 48.8 Å². The van der Waals surface area contributed by atoms with Gasteiger partial charge in [0, 0.05) is 0 Å². The van der Waals surface area contributed by atoms with E-state index in [1.165, 1.54) is 37.7 Å². The van der Waals surface area contributed by atoms with Crippen molar-refractivity contribution in [2.45, 2.75) is 51.9 Å². The summed E-state index contributed by atoms with van der Waals surface area (Å²) < 4.78 is 13.5. The smallest absolute Gasteiger partial charge is 0.126 e. The monoisotopic (exact) mass is 220 g/mol. The van der Waals surface area contributed by atoms with Crippen LogP contribution in [-0.2, 0) is 0 Å². The molecular weight excluding hydrogens is 199 g/mol. The molecule has 1 aliphatic rings. The summed E-state index contributed by atoms with van der Waals surface area (Å²) in [4.78, 5) is 0. The van der Waals surface area contributed by atoms with Gasteiger partial charge in [-0.15, -0.1) is 0 Å². The van der Waals surface area contributed by atoms with E-state index in [1.54, 1.807) is 6.07 Å². The fraction of sp³-hybridized carbons (Fsp3) is 0.600. The topological polar surface area (TPSA) is 0 Å². The van der Waals surface area contributed by atoms with Crippen LogP contribution in [-0.4, -0.2) is 0 Å². The van der Waals surface area contributed by atoms with E-state index in [0.717, 1.165) is 11.5 Å². The van der Waals surface area contributed by atoms with Gasteiger partial charge in [0.2, 0.25) is 0 Å². The van der Waals surface area contributed by atoms with Crippen molar-refractivity contribution in [3.8, 4) is 0 Å². The molecule has 2 unspecified atom stereocenters. The summed E-state index contributed by atoms with van der Waals surface area (Å²) in [6.45, 7) is 4.16. The first-order valence-corrected chi connectivity index (χ1v) is 6.43. The summed E-state index contributed by atoms with van der Waals surface area (Å²) in [6.07, 6.45) is 6.38. The molecule has 0 aromatic heterocycles. The van der Waals surface area contributed by atoms with Crippen molar-refractivity contribution in [1.82, 2.24) is 0 Å². The third kappa shape index (κ3) is 2.63. The van der Waals surface area contributed by atoms with E-state index in [-0.39, 0.29) is 5.82 Å². The Bertz CT molecular complexity index is 356. The molecule has 0 aliphatic heterocycles. The predicted octanol–water partition coefficient (Wildman–Crippen LogP) is 4.82. The van der Waals surface area contributed by atoms with Crippen LogP contribution in [0.3, 0.4) is 0 Å². The maximum Gasteiger partial charge on any atom is 0.126 e. The Morgan fingerprint density at radius 1 is 1.12 bits per heavy atom. The van der Waals surface area contributed by atoms with Gasteiger partial charge in [-0.3, -0.25) is 0 Å². The Balaban J connectivity index is 2.13. The van der Waals surface area contributed by atoms with Crippen LogP contribution in [0, 0.1) is 18.7 Å². The predicted molar refractivity (Wildman–Crippen MR) is 66.1 cm³/mol. The first kappa shape index (κ1) is 11.6. The third-order valence-electron chi connectivity index (χ3n) is 3.92. The second-order valence-electron chi connectivity index (χ2n) is 5.32. The average molecular weight is 220 g/mol. The van der Waals surface area contributed by atoms with Gasteiger partial charge in [-0.25, -0.2) is 4.39 Å². The van der Waals surface area contributed by atoms with Gasteiger partial charge in [0.15, 0.2) is 0 Å². The van der Waals surface area contributed by atoms with Crippen molar-refractivity contribution in [2.75, 3.05) is 0 Å². The minimum Gasteiger partial charge on any atom is -0.207 e. The maximum atomic E-state index is 13.5. The fourth-order valence-electron chi connectivity index (χ4n) is 2.68. The standard InChI is InChI=1S/C15H21F/c1-11-4-3-5-13(8-6-11)14-9-7-12(2)15(16)10-14/h7,9-11,13H,3-6,8H2,1-2H3. The summed E-state index contributed by atoms with van der Waals surface area (Å²) in [5, 5.41) is 0. The molecule has 1 fully saturated rings. The van der Waals surface area contributed by atoms with Crippen LogP contribution in [0.25, 0.3) is 0 Å². The third-order valence-corrected chi connectivity index (χ3v) is 3.92. The molecule has 0 radical (unpaired) electrons. The van der Waals surface area contributed by atoms with Crippen molar-refractivity contribution >= 4 is 0 Å². The Hall–Kier alpha value is -0.850. The lowest BCUT2D eigenvalue weighted by Crippen LogP contribution is -1.99. The SMILES string of the molecule is Cc1ccc(C2CCCC(C)CC2)cc1F. The van der Waals surface area contributed by atoms with Crippen LogP contribution < -0.4 is 0 Å². The second kappa shape index (κ2) is 4.99. The quantitative estimate of drug-likeness (QED) is 0.595. The highest BCUT2D eigenvalue weighted by atomic mass is 19.1. The normalized spacial score (nSPS) is 26.4. The van der Waals surface area contributed by atoms with Crippen LogP contribution >= 0.6 is 0 Å². The van der Waals surface area contributed by atoms with Gasteiger partial charge in [-0.1, -0.05) is 38.3 Å². The van der Waals surface area contributed by atoms with Gasteiger partial charge >= 0.3 is 0 Å². The highest BCUT2D eigenvalue weighted by molar-refractivity contribution is 5.26. The molecule has 0 saturated heterocycles. The summed E-state index contributed by atoms with van der Waals surface area (Å²) in [6, 6.07) is 5.77. The van der Waals surface area contributed by atoms with Crippen molar-refractivity contribution < 1.29 is 4.39 Å². The highest BCUT2D eigenvalue weighted by Gasteiger charge is 2.18. The van der Waals surface area contributed by atoms with E-state index in [4.69, 9.17) is 0 Å². The van der Waals surface area contributed by atoms with E-state index in [1.807, 2.05) is 13.0 Å². The first-order valence-electron chi connectivity index (χ1n) is 6.43. The molecular formula is C15H21F. The van der Waals surface area contributed by atoms with Crippen LogP contribution in [0.2, 0.25) is 0 Å².